The molecule has 160 valence electrons. The van der Waals surface area contributed by atoms with Crippen LogP contribution in [0, 0.1) is 6.92 Å². The zero-order valence-corrected chi connectivity index (χ0v) is 19.1. The number of aryl methyl sites for hydroxylation is 1. The molecule has 1 aromatic heterocycles. The lowest BCUT2D eigenvalue weighted by Gasteiger charge is -2.18. The molecule has 9 heteroatoms. The Morgan fingerprint density at radius 2 is 1.57 bits per heavy atom. The number of sulfonamides is 1. The molecule has 0 saturated carbocycles. The van der Waals surface area contributed by atoms with Gasteiger partial charge in [0.05, 0.1) is 16.4 Å². The maximum Gasteiger partial charge on any atom is 0.240 e. The van der Waals surface area contributed by atoms with Crippen LogP contribution < -0.4 is 9.46 Å². The molecule has 6 nitrogen and oxygen atoms in total. The van der Waals surface area contributed by atoms with E-state index in [9.17, 15) is 16.8 Å². The second-order valence-corrected chi connectivity index (χ2v) is 11.5. The van der Waals surface area contributed by atoms with Crippen LogP contribution in [0.3, 0.4) is 0 Å². The molecule has 3 aromatic rings. The summed E-state index contributed by atoms with van der Waals surface area (Å²) in [5, 5.41) is 0.742. The van der Waals surface area contributed by atoms with Crippen LogP contribution in [0.2, 0.25) is 0 Å². The van der Waals surface area contributed by atoms with Gasteiger partial charge in [0.15, 0.2) is 9.84 Å². The van der Waals surface area contributed by atoms with Gasteiger partial charge < -0.3 is 4.74 Å². The van der Waals surface area contributed by atoms with Crippen molar-refractivity contribution >= 4 is 31.2 Å². The van der Waals surface area contributed by atoms with Crippen molar-refractivity contribution < 1.29 is 21.6 Å². The van der Waals surface area contributed by atoms with Crippen LogP contribution in [0.25, 0.3) is 0 Å². The summed E-state index contributed by atoms with van der Waals surface area (Å²) in [6.07, 6.45) is 0. The smallest absolute Gasteiger partial charge is 0.240 e. The van der Waals surface area contributed by atoms with E-state index in [1.807, 2.05) is 13.8 Å². The van der Waals surface area contributed by atoms with Crippen molar-refractivity contribution in [3.8, 4) is 5.75 Å². The molecular formula is C21H23NO5S3. The van der Waals surface area contributed by atoms with Crippen LogP contribution >= 0.6 is 11.3 Å². The molecular weight excluding hydrogens is 442 g/mol. The number of sulfone groups is 1. The zero-order chi connectivity index (χ0) is 21.8. The van der Waals surface area contributed by atoms with E-state index in [0.29, 0.717) is 17.2 Å². The Hall–Kier alpha value is -2.20. The minimum atomic E-state index is -3.89. The van der Waals surface area contributed by atoms with Crippen molar-refractivity contribution in [3.05, 3.63) is 76.5 Å². The Morgan fingerprint density at radius 3 is 2.13 bits per heavy atom. The lowest BCUT2D eigenvalue weighted by molar-refractivity contribution is 0.340. The van der Waals surface area contributed by atoms with Crippen LogP contribution in [-0.2, 0) is 19.9 Å². The first-order valence-corrected chi connectivity index (χ1v) is 13.2. The second kappa shape index (κ2) is 9.30. The molecule has 1 atom stereocenters. The fraction of sp³-hybridized carbons (Fsp3) is 0.238. The molecule has 0 aliphatic heterocycles. The van der Waals surface area contributed by atoms with Gasteiger partial charge in [-0.1, -0.05) is 23.8 Å². The summed E-state index contributed by atoms with van der Waals surface area (Å²) in [7, 11) is -7.69. The van der Waals surface area contributed by atoms with Crippen LogP contribution in [0.15, 0.2) is 75.8 Å². The molecule has 2 aromatic carbocycles. The predicted molar refractivity (Wildman–Crippen MR) is 118 cm³/mol. The second-order valence-electron chi connectivity index (χ2n) is 6.62. The molecule has 0 aliphatic rings. The van der Waals surface area contributed by atoms with Gasteiger partial charge in [0.25, 0.3) is 0 Å². The summed E-state index contributed by atoms with van der Waals surface area (Å²) in [4.78, 5) is 0.778. The van der Waals surface area contributed by atoms with Crippen LogP contribution in [0.1, 0.15) is 22.6 Å². The predicted octanol–water partition coefficient (Wildman–Crippen LogP) is 3.95. The Labute approximate surface area is 181 Å². The molecule has 0 radical (unpaired) electrons. The summed E-state index contributed by atoms with van der Waals surface area (Å²) in [6, 6.07) is 16.0. The highest BCUT2D eigenvalue weighted by atomic mass is 32.2. The molecule has 0 bridgehead atoms. The van der Waals surface area contributed by atoms with Gasteiger partial charge in [-0.2, -0.15) is 0 Å². The molecule has 1 N–H and O–H groups in total. The topological polar surface area (TPSA) is 89.5 Å². The Balaban J connectivity index is 1.86. The van der Waals surface area contributed by atoms with E-state index in [0.717, 1.165) is 5.56 Å². The Bertz CT molecular complexity index is 1170. The number of ether oxygens (including phenoxy) is 1. The highest BCUT2D eigenvalue weighted by Crippen LogP contribution is 2.32. The minimum absolute atomic E-state index is 0.0450. The summed E-state index contributed by atoms with van der Waals surface area (Å²) >= 11 is 1.28. The number of hydrogen-bond acceptors (Lipinski definition) is 6. The quantitative estimate of drug-likeness (QED) is 0.517. The highest BCUT2D eigenvalue weighted by Gasteiger charge is 2.31. The van der Waals surface area contributed by atoms with Gasteiger partial charge in [0, 0.05) is 11.4 Å². The third kappa shape index (κ3) is 5.10. The third-order valence-corrected chi connectivity index (χ3v) is 9.16. The van der Waals surface area contributed by atoms with Gasteiger partial charge in [-0.25, -0.2) is 21.6 Å². The number of rotatable bonds is 9. The fourth-order valence-corrected chi connectivity index (χ4v) is 6.82. The summed E-state index contributed by atoms with van der Waals surface area (Å²) in [5.74, 6) is 0.565. The van der Waals surface area contributed by atoms with E-state index in [-0.39, 0.29) is 16.3 Å². The summed E-state index contributed by atoms with van der Waals surface area (Å²) in [6.45, 7) is 3.92. The van der Waals surface area contributed by atoms with Gasteiger partial charge in [0.2, 0.25) is 10.0 Å². The van der Waals surface area contributed by atoms with E-state index in [2.05, 4.69) is 4.72 Å². The third-order valence-electron chi connectivity index (χ3n) is 4.49. The molecule has 30 heavy (non-hydrogen) atoms. The van der Waals surface area contributed by atoms with E-state index in [4.69, 9.17) is 4.74 Å². The Kier molecular flexibility index (Phi) is 6.97. The van der Waals surface area contributed by atoms with Crippen molar-refractivity contribution in [1.82, 2.24) is 4.72 Å². The lowest BCUT2D eigenvalue weighted by Crippen LogP contribution is -2.31. The minimum Gasteiger partial charge on any atom is -0.494 e. The zero-order valence-electron chi connectivity index (χ0n) is 16.6. The number of thiophene rings is 1. The van der Waals surface area contributed by atoms with Crippen LogP contribution in [0.4, 0.5) is 0 Å². The van der Waals surface area contributed by atoms with Crippen molar-refractivity contribution in [2.75, 3.05) is 13.2 Å². The standard InChI is InChI=1S/C21H23NO5S3/c1-3-27-17-8-12-19(13-9-17)30(25,26)22-15-21(20-5-4-14-28-20)29(23,24)18-10-6-16(2)7-11-18/h4-14,21-22H,3,15H2,1-2H3. The Morgan fingerprint density at radius 1 is 0.933 bits per heavy atom. The first-order chi connectivity index (χ1) is 14.2. The monoisotopic (exact) mass is 465 g/mol. The van der Waals surface area contributed by atoms with Gasteiger partial charge in [-0.15, -0.1) is 11.3 Å². The van der Waals surface area contributed by atoms with Crippen molar-refractivity contribution in [2.45, 2.75) is 28.9 Å². The average Bonchev–Trinajstić information content (AvgIpc) is 3.23. The molecule has 3 rings (SSSR count). The maximum atomic E-state index is 13.3. The summed E-state index contributed by atoms with van der Waals surface area (Å²) < 4.78 is 59.8. The van der Waals surface area contributed by atoms with Gasteiger partial charge in [-0.3, -0.25) is 0 Å². The molecule has 0 fully saturated rings. The molecule has 0 amide bonds. The van der Waals surface area contributed by atoms with E-state index in [1.165, 1.54) is 23.5 Å². The first kappa shape index (κ1) is 22.5. The van der Waals surface area contributed by atoms with Crippen molar-refractivity contribution in [3.63, 3.8) is 0 Å². The van der Waals surface area contributed by atoms with Crippen molar-refractivity contribution in [1.29, 1.82) is 0 Å². The van der Waals surface area contributed by atoms with Gasteiger partial charge in [0.1, 0.15) is 11.0 Å². The molecule has 1 heterocycles. The fourth-order valence-electron chi connectivity index (χ4n) is 2.88. The number of hydrogen-bond donors (Lipinski definition) is 1. The van der Waals surface area contributed by atoms with E-state index < -0.39 is 25.1 Å². The first-order valence-electron chi connectivity index (χ1n) is 9.30. The normalized spacial score (nSPS) is 13.1. The molecule has 0 saturated heterocycles. The van der Waals surface area contributed by atoms with Crippen molar-refractivity contribution in [2.24, 2.45) is 0 Å². The SMILES string of the molecule is CCOc1ccc(S(=O)(=O)NCC(c2cccs2)S(=O)(=O)c2ccc(C)cc2)cc1. The van der Waals surface area contributed by atoms with Gasteiger partial charge >= 0.3 is 0 Å². The number of nitrogens with one attached hydrogen (secondary N) is 1. The largest absolute Gasteiger partial charge is 0.494 e. The lowest BCUT2D eigenvalue weighted by atomic mass is 10.2. The summed E-state index contributed by atoms with van der Waals surface area (Å²) in [5.41, 5.74) is 0.942. The van der Waals surface area contributed by atoms with Crippen LogP contribution in [0.5, 0.6) is 5.75 Å². The molecule has 0 spiro atoms. The van der Waals surface area contributed by atoms with Gasteiger partial charge in [-0.05, 0) is 61.7 Å². The number of benzene rings is 2. The average molecular weight is 466 g/mol. The van der Waals surface area contributed by atoms with E-state index >= 15 is 0 Å². The highest BCUT2D eigenvalue weighted by molar-refractivity contribution is 7.92. The molecule has 1 unspecified atom stereocenters. The molecule has 0 aliphatic carbocycles. The maximum absolute atomic E-state index is 13.3. The van der Waals surface area contributed by atoms with E-state index in [1.54, 1.807) is 53.9 Å². The van der Waals surface area contributed by atoms with Crippen LogP contribution in [-0.4, -0.2) is 30.0 Å².